The molecule has 0 aromatic rings. The largest absolute Gasteiger partial charge is 0.464 e. The first kappa shape index (κ1) is 8.39. The fraction of sp³-hybridized carbons (Fsp3) is 0.800. The summed E-state index contributed by atoms with van der Waals surface area (Å²) >= 11 is 0. The van der Waals surface area contributed by atoms with Crippen LogP contribution in [0.4, 0.5) is 0 Å². The Hall–Kier alpha value is -0.610. The Morgan fingerprint density at radius 1 is 1.44 bits per heavy atom. The first-order chi connectivity index (χ1) is 4.31. The first-order valence-electron chi connectivity index (χ1n) is 2.68. The number of hydrogen-bond donors (Lipinski definition) is 2. The Balaban J connectivity index is 2.97. The van der Waals surface area contributed by atoms with E-state index in [2.05, 4.69) is 4.74 Å². The third kappa shape index (κ3) is 5.26. The second kappa shape index (κ2) is 5.53. The molecule has 0 bridgehead atoms. The number of esters is 1. The van der Waals surface area contributed by atoms with E-state index in [1.165, 1.54) is 0 Å². The summed E-state index contributed by atoms with van der Waals surface area (Å²) in [7, 11) is 0. The maximum atomic E-state index is 10.1. The molecule has 0 atom stereocenters. The van der Waals surface area contributed by atoms with Crippen molar-refractivity contribution in [2.75, 3.05) is 19.8 Å². The van der Waals surface area contributed by atoms with Gasteiger partial charge in [-0.3, -0.25) is 0 Å². The lowest BCUT2D eigenvalue weighted by Gasteiger charge is -1.98. The zero-order chi connectivity index (χ0) is 7.11. The van der Waals surface area contributed by atoms with Crippen molar-refractivity contribution in [3.63, 3.8) is 0 Å². The van der Waals surface area contributed by atoms with Crippen LogP contribution in [-0.2, 0) is 9.53 Å². The Bertz CT molecular complexity index is 81.0. The molecular formula is C5H10O4. The van der Waals surface area contributed by atoms with E-state index in [1.54, 1.807) is 0 Å². The van der Waals surface area contributed by atoms with Crippen LogP contribution in [0.3, 0.4) is 0 Å². The van der Waals surface area contributed by atoms with E-state index >= 15 is 0 Å². The molecule has 0 rings (SSSR count). The highest BCUT2D eigenvalue weighted by Crippen LogP contribution is 1.80. The van der Waals surface area contributed by atoms with E-state index in [0.29, 0.717) is 6.42 Å². The molecule has 0 aliphatic rings. The van der Waals surface area contributed by atoms with Gasteiger partial charge in [0.2, 0.25) is 0 Å². The van der Waals surface area contributed by atoms with E-state index in [-0.39, 0.29) is 13.2 Å². The molecule has 2 N–H and O–H groups in total. The quantitative estimate of drug-likeness (QED) is 0.378. The molecule has 0 aliphatic heterocycles. The summed E-state index contributed by atoms with van der Waals surface area (Å²) in [6, 6.07) is 0. The number of carbonyl (C=O) groups excluding carboxylic acids is 1. The lowest BCUT2D eigenvalue weighted by Crippen LogP contribution is -2.10. The SMILES string of the molecule is O=C(CO)OCCCO. The molecule has 0 aromatic heterocycles. The van der Waals surface area contributed by atoms with Gasteiger partial charge in [0.25, 0.3) is 0 Å². The Kier molecular flexibility index (Phi) is 5.15. The van der Waals surface area contributed by atoms with Crippen LogP contribution in [0.5, 0.6) is 0 Å². The smallest absolute Gasteiger partial charge is 0.331 e. The minimum atomic E-state index is -0.650. The van der Waals surface area contributed by atoms with Crippen LogP contribution in [0.15, 0.2) is 0 Å². The number of carbonyl (C=O) groups is 1. The molecule has 0 spiro atoms. The van der Waals surface area contributed by atoms with Crippen molar-refractivity contribution in [1.29, 1.82) is 0 Å². The van der Waals surface area contributed by atoms with Crippen molar-refractivity contribution in [3.05, 3.63) is 0 Å². The third-order valence-corrected chi connectivity index (χ3v) is 0.695. The average molecular weight is 134 g/mol. The normalized spacial score (nSPS) is 9.11. The molecule has 0 saturated carbocycles. The summed E-state index contributed by atoms with van der Waals surface area (Å²) < 4.78 is 4.38. The fourth-order valence-electron chi connectivity index (χ4n) is 0.296. The highest BCUT2D eigenvalue weighted by Gasteiger charge is 1.96. The van der Waals surface area contributed by atoms with E-state index in [9.17, 15) is 4.79 Å². The van der Waals surface area contributed by atoms with Crippen molar-refractivity contribution >= 4 is 5.97 Å². The average Bonchev–Trinajstić information content (AvgIpc) is 1.89. The van der Waals surface area contributed by atoms with Crippen LogP contribution in [0, 0.1) is 0 Å². The minimum absolute atomic E-state index is 0.00128. The maximum Gasteiger partial charge on any atom is 0.331 e. The van der Waals surface area contributed by atoms with Crippen molar-refractivity contribution in [3.8, 4) is 0 Å². The number of rotatable bonds is 4. The Morgan fingerprint density at radius 3 is 2.56 bits per heavy atom. The van der Waals surface area contributed by atoms with Gasteiger partial charge in [0.05, 0.1) is 6.61 Å². The van der Waals surface area contributed by atoms with E-state index in [4.69, 9.17) is 10.2 Å². The second-order valence-electron chi connectivity index (χ2n) is 1.46. The zero-order valence-corrected chi connectivity index (χ0v) is 5.04. The van der Waals surface area contributed by atoms with Gasteiger partial charge in [-0.2, -0.15) is 0 Å². The number of hydrogen-bond acceptors (Lipinski definition) is 4. The van der Waals surface area contributed by atoms with Crippen molar-refractivity contribution in [2.24, 2.45) is 0 Å². The molecule has 9 heavy (non-hydrogen) atoms. The maximum absolute atomic E-state index is 10.1. The Morgan fingerprint density at radius 2 is 2.11 bits per heavy atom. The molecule has 4 nitrogen and oxygen atoms in total. The first-order valence-corrected chi connectivity index (χ1v) is 2.68. The van der Waals surface area contributed by atoms with Crippen LogP contribution in [0.25, 0.3) is 0 Å². The van der Waals surface area contributed by atoms with Crippen molar-refractivity contribution < 1.29 is 19.7 Å². The summed E-state index contributed by atoms with van der Waals surface area (Å²) in [6.45, 7) is -0.417. The van der Waals surface area contributed by atoms with Crippen molar-refractivity contribution in [2.45, 2.75) is 6.42 Å². The minimum Gasteiger partial charge on any atom is -0.464 e. The molecule has 4 heteroatoms. The molecule has 0 radical (unpaired) electrons. The lowest BCUT2D eigenvalue weighted by molar-refractivity contribution is -0.147. The standard InChI is InChI=1S/C5H10O4/c6-2-1-3-9-5(8)4-7/h6-7H,1-4H2. The molecule has 0 amide bonds. The molecule has 0 aromatic carbocycles. The second-order valence-corrected chi connectivity index (χ2v) is 1.46. The van der Waals surface area contributed by atoms with Gasteiger partial charge in [0.15, 0.2) is 0 Å². The summed E-state index contributed by atoms with van der Waals surface area (Å²) in [5.74, 6) is -0.650. The van der Waals surface area contributed by atoms with E-state index in [0.717, 1.165) is 0 Å². The fourth-order valence-corrected chi connectivity index (χ4v) is 0.296. The van der Waals surface area contributed by atoms with Crippen LogP contribution in [0.2, 0.25) is 0 Å². The van der Waals surface area contributed by atoms with Crippen LogP contribution in [-0.4, -0.2) is 36.0 Å². The van der Waals surface area contributed by atoms with E-state index in [1.807, 2.05) is 0 Å². The summed E-state index contributed by atoms with van der Waals surface area (Å²) in [5, 5.41) is 16.3. The topological polar surface area (TPSA) is 66.8 Å². The zero-order valence-electron chi connectivity index (χ0n) is 5.04. The molecule has 0 unspecified atom stereocenters. The van der Waals surface area contributed by atoms with Crippen LogP contribution < -0.4 is 0 Å². The highest BCUT2D eigenvalue weighted by molar-refractivity contribution is 5.70. The number of aliphatic hydroxyl groups excluding tert-OH is 2. The van der Waals surface area contributed by atoms with Gasteiger partial charge >= 0.3 is 5.97 Å². The van der Waals surface area contributed by atoms with Gasteiger partial charge in [-0.25, -0.2) is 4.79 Å². The molecule has 0 heterocycles. The van der Waals surface area contributed by atoms with Crippen molar-refractivity contribution in [1.82, 2.24) is 0 Å². The van der Waals surface area contributed by atoms with Gasteiger partial charge in [0.1, 0.15) is 6.61 Å². The predicted molar refractivity (Wildman–Crippen MR) is 29.7 cm³/mol. The number of aliphatic hydroxyl groups is 2. The Labute approximate surface area is 53.1 Å². The highest BCUT2D eigenvalue weighted by atomic mass is 16.5. The molecule has 0 fully saturated rings. The third-order valence-electron chi connectivity index (χ3n) is 0.695. The molecule has 54 valence electrons. The van der Waals surface area contributed by atoms with Gasteiger partial charge in [-0.05, 0) is 0 Å². The lowest BCUT2D eigenvalue weighted by atomic mass is 10.5. The van der Waals surface area contributed by atoms with Crippen LogP contribution >= 0.6 is 0 Å². The van der Waals surface area contributed by atoms with Gasteiger partial charge in [-0.15, -0.1) is 0 Å². The van der Waals surface area contributed by atoms with E-state index < -0.39 is 12.6 Å². The predicted octanol–water partition coefficient (Wildman–Crippen LogP) is -1.10. The van der Waals surface area contributed by atoms with Crippen LogP contribution in [0.1, 0.15) is 6.42 Å². The summed E-state index contributed by atoms with van der Waals surface area (Å²) in [5.41, 5.74) is 0. The van der Waals surface area contributed by atoms with Gasteiger partial charge < -0.3 is 14.9 Å². The number of ether oxygens (including phenoxy) is 1. The molecular weight excluding hydrogens is 124 g/mol. The van der Waals surface area contributed by atoms with Gasteiger partial charge in [0, 0.05) is 13.0 Å². The van der Waals surface area contributed by atoms with Gasteiger partial charge in [-0.1, -0.05) is 0 Å². The molecule has 0 saturated heterocycles. The summed E-state index contributed by atoms with van der Waals surface area (Å²) in [6.07, 6.45) is 0.422. The monoisotopic (exact) mass is 134 g/mol. The molecule has 0 aliphatic carbocycles. The summed E-state index contributed by atoms with van der Waals surface area (Å²) in [4.78, 5) is 10.1.